The van der Waals surface area contributed by atoms with Crippen molar-refractivity contribution in [3.63, 3.8) is 0 Å². The third kappa shape index (κ3) is 3.70. The first-order valence-corrected chi connectivity index (χ1v) is 14.1. The van der Waals surface area contributed by atoms with Crippen LogP contribution in [-0.4, -0.2) is 33.7 Å². The Kier molecular flexibility index (Phi) is 6.00. The Morgan fingerprint density at radius 2 is 1.60 bits per heavy atom. The summed E-state index contributed by atoms with van der Waals surface area (Å²) in [5, 5.41) is 20.9. The van der Waals surface area contributed by atoms with E-state index in [1.54, 1.807) is 49.4 Å². The minimum atomic E-state index is -1.24. The highest BCUT2D eigenvalue weighted by atomic mass is 16.6. The Labute approximate surface area is 245 Å². The van der Waals surface area contributed by atoms with Crippen molar-refractivity contribution in [3.05, 3.63) is 100 Å². The number of furan rings is 1. The maximum absolute atomic E-state index is 14.3. The van der Waals surface area contributed by atoms with Gasteiger partial charge in [-0.2, -0.15) is 0 Å². The summed E-state index contributed by atoms with van der Waals surface area (Å²) in [4.78, 5) is 68.9. The van der Waals surface area contributed by atoms with Crippen LogP contribution >= 0.6 is 0 Å². The Balaban J connectivity index is 1.33. The Bertz CT molecular complexity index is 1730. The van der Waals surface area contributed by atoms with E-state index < -0.39 is 51.7 Å². The average molecular weight is 582 g/mol. The Hall–Kier alpha value is -4.90. The fourth-order valence-corrected chi connectivity index (χ4v) is 7.75. The molecule has 7 rings (SSSR count). The van der Waals surface area contributed by atoms with Gasteiger partial charge in [-0.25, -0.2) is 4.90 Å². The van der Waals surface area contributed by atoms with E-state index in [0.717, 1.165) is 10.5 Å². The van der Waals surface area contributed by atoms with E-state index in [0.29, 0.717) is 17.2 Å². The van der Waals surface area contributed by atoms with E-state index in [1.807, 2.05) is 6.08 Å². The van der Waals surface area contributed by atoms with Crippen molar-refractivity contribution >= 4 is 40.7 Å². The second kappa shape index (κ2) is 9.56. The van der Waals surface area contributed by atoms with Gasteiger partial charge in [0.1, 0.15) is 18.1 Å². The lowest BCUT2D eigenvalue weighted by molar-refractivity contribution is -0.384. The fourth-order valence-electron chi connectivity index (χ4n) is 7.75. The Morgan fingerprint density at radius 1 is 0.907 bits per heavy atom. The van der Waals surface area contributed by atoms with Gasteiger partial charge in [-0.15, -0.1) is 0 Å². The van der Waals surface area contributed by atoms with E-state index >= 15 is 0 Å². The van der Waals surface area contributed by atoms with E-state index in [1.165, 1.54) is 29.2 Å². The molecule has 1 N–H and O–H groups in total. The third-order valence-corrected chi connectivity index (χ3v) is 9.73. The molecule has 1 saturated carbocycles. The van der Waals surface area contributed by atoms with Crippen molar-refractivity contribution in [3.8, 4) is 0 Å². The first-order valence-electron chi connectivity index (χ1n) is 14.1. The molecule has 0 bridgehead atoms. The molecule has 0 spiro atoms. The number of benzene rings is 2. The van der Waals surface area contributed by atoms with Crippen molar-refractivity contribution in [2.45, 2.75) is 32.3 Å². The van der Waals surface area contributed by atoms with Gasteiger partial charge in [0.2, 0.25) is 23.6 Å². The van der Waals surface area contributed by atoms with Crippen LogP contribution in [-0.2, 0) is 25.8 Å². The van der Waals surface area contributed by atoms with Crippen molar-refractivity contribution in [2.24, 2.45) is 29.1 Å². The number of carbonyl (C=O) groups excluding carboxylic acids is 4. The number of aliphatic hydroxyl groups excluding tert-OH is 1. The summed E-state index contributed by atoms with van der Waals surface area (Å²) in [6.07, 6.45) is 2.35. The van der Waals surface area contributed by atoms with Crippen LogP contribution in [0, 0.1) is 39.2 Å². The lowest BCUT2D eigenvalue weighted by Gasteiger charge is -2.48. The summed E-state index contributed by atoms with van der Waals surface area (Å²) >= 11 is 0. The van der Waals surface area contributed by atoms with Crippen molar-refractivity contribution in [2.75, 3.05) is 9.80 Å². The molecule has 43 heavy (non-hydrogen) atoms. The number of fused-ring (bicyclic) bond motifs is 4. The predicted octanol–water partition coefficient (Wildman–Crippen LogP) is 4.12. The van der Waals surface area contributed by atoms with Gasteiger partial charge in [0.15, 0.2) is 0 Å². The number of hydrogen-bond acceptors (Lipinski definition) is 8. The molecule has 11 nitrogen and oxygen atoms in total. The maximum atomic E-state index is 14.3. The molecule has 2 aliphatic heterocycles. The smallest absolute Gasteiger partial charge is 0.269 e. The molecule has 3 heterocycles. The number of amides is 4. The van der Waals surface area contributed by atoms with Gasteiger partial charge in [-0.3, -0.25) is 34.2 Å². The van der Waals surface area contributed by atoms with Gasteiger partial charge in [-0.1, -0.05) is 29.8 Å². The minimum Gasteiger partial charge on any atom is -0.463 e. The largest absolute Gasteiger partial charge is 0.463 e. The number of para-hydroxylation sites is 1. The molecule has 218 valence electrons. The van der Waals surface area contributed by atoms with Crippen LogP contribution in [0.2, 0.25) is 0 Å². The summed E-state index contributed by atoms with van der Waals surface area (Å²) in [7, 11) is 0. The normalized spacial score (nSPS) is 29.8. The standard InChI is InChI=1S/C32H27N3O8/c1-32-24(29(38)34(31(32)40)17-5-3-2-4-6-17)15-23-21(27(32)25-14-11-20(16-36)43-25)12-13-22-26(23)30(39)33(28(22)37)18-7-9-19(10-8-18)35(41)42/h2-12,14,22-24,26-27,36H,13,15-16H2,1H3/t22-,23+,24-,26-,27+,32+/m0/s1. The second-order valence-corrected chi connectivity index (χ2v) is 11.7. The van der Waals surface area contributed by atoms with Gasteiger partial charge < -0.3 is 9.52 Å². The molecule has 2 aromatic carbocycles. The number of nitrogens with zero attached hydrogens (tertiary/aromatic N) is 3. The van der Waals surface area contributed by atoms with Crippen LogP contribution < -0.4 is 9.80 Å². The molecule has 0 radical (unpaired) electrons. The molecule has 0 unspecified atom stereocenters. The molecule has 11 heteroatoms. The highest BCUT2D eigenvalue weighted by Gasteiger charge is 2.68. The van der Waals surface area contributed by atoms with Gasteiger partial charge in [0, 0.05) is 12.1 Å². The molecular weight excluding hydrogens is 554 g/mol. The summed E-state index contributed by atoms with van der Waals surface area (Å²) < 4.78 is 6.01. The van der Waals surface area contributed by atoms with Gasteiger partial charge >= 0.3 is 0 Å². The SMILES string of the molecule is C[C@@]12C(=O)N(c3ccccc3)C(=O)[C@@H]1C[C@@H]1C(=CC[C@@H]3C(=O)N(c4ccc([N+](=O)[O-])cc4)C(=O)[C@@H]31)[C@@H]2c1ccc(CO)o1. The van der Waals surface area contributed by atoms with Gasteiger partial charge in [0.05, 0.1) is 45.4 Å². The van der Waals surface area contributed by atoms with E-state index in [-0.39, 0.29) is 42.6 Å². The summed E-state index contributed by atoms with van der Waals surface area (Å²) in [5.41, 5.74) is 0.0628. The van der Waals surface area contributed by atoms with Crippen molar-refractivity contribution in [1.82, 2.24) is 0 Å². The molecule has 2 aliphatic carbocycles. The molecule has 1 aromatic heterocycles. The zero-order chi connectivity index (χ0) is 30.2. The quantitative estimate of drug-likeness (QED) is 0.205. The lowest BCUT2D eigenvalue weighted by Crippen LogP contribution is -2.48. The number of allylic oxidation sites excluding steroid dienone is 2. The molecule has 6 atom stereocenters. The zero-order valence-electron chi connectivity index (χ0n) is 23.1. The number of hydrogen-bond donors (Lipinski definition) is 1. The van der Waals surface area contributed by atoms with E-state index in [9.17, 15) is 34.4 Å². The monoisotopic (exact) mass is 581 g/mol. The zero-order valence-corrected chi connectivity index (χ0v) is 23.1. The first-order chi connectivity index (χ1) is 20.7. The minimum absolute atomic E-state index is 0.160. The lowest BCUT2D eigenvalue weighted by atomic mass is 9.52. The summed E-state index contributed by atoms with van der Waals surface area (Å²) in [5.74, 6) is -4.37. The van der Waals surface area contributed by atoms with Crippen LogP contribution in [0.5, 0.6) is 0 Å². The number of rotatable bonds is 5. The molecule has 3 aromatic rings. The molecule has 2 saturated heterocycles. The number of aliphatic hydroxyl groups is 1. The third-order valence-electron chi connectivity index (χ3n) is 9.73. The van der Waals surface area contributed by atoms with Gasteiger partial charge in [0.25, 0.3) is 5.69 Å². The highest BCUT2D eigenvalue weighted by Crippen LogP contribution is 2.63. The number of nitro groups is 1. The van der Waals surface area contributed by atoms with E-state index in [4.69, 9.17) is 4.42 Å². The fraction of sp³-hybridized carbons (Fsp3) is 0.312. The average Bonchev–Trinajstić information content (AvgIpc) is 3.64. The first kappa shape index (κ1) is 27.0. The number of imide groups is 2. The van der Waals surface area contributed by atoms with Crippen LogP contribution in [0.1, 0.15) is 37.2 Å². The second-order valence-electron chi connectivity index (χ2n) is 11.7. The van der Waals surface area contributed by atoms with Crippen molar-refractivity contribution in [1.29, 1.82) is 0 Å². The summed E-state index contributed by atoms with van der Waals surface area (Å²) in [6.45, 7) is 1.42. The van der Waals surface area contributed by atoms with Crippen LogP contribution in [0.3, 0.4) is 0 Å². The van der Waals surface area contributed by atoms with E-state index in [2.05, 4.69) is 0 Å². The van der Waals surface area contributed by atoms with Crippen LogP contribution in [0.25, 0.3) is 0 Å². The highest BCUT2D eigenvalue weighted by molar-refractivity contribution is 6.25. The number of non-ortho nitro benzene ring substituents is 1. The molecule has 4 amide bonds. The van der Waals surface area contributed by atoms with Crippen LogP contribution in [0.4, 0.5) is 17.1 Å². The number of anilines is 2. The number of carbonyl (C=O) groups is 4. The van der Waals surface area contributed by atoms with Gasteiger partial charge in [-0.05, 0) is 62.1 Å². The molecular formula is C32H27N3O8. The maximum Gasteiger partial charge on any atom is 0.269 e. The Morgan fingerprint density at radius 3 is 2.26 bits per heavy atom. The predicted molar refractivity (Wildman–Crippen MR) is 151 cm³/mol. The molecule has 4 aliphatic rings. The number of nitro benzene ring substituents is 1. The topological polar surface area (TPSA) is 151 Å². The molecule has 3 fully saturated rings. The van der Waals surface area contributed by atoms with Crippen LogP contribution in [0.15, 0.2) is 82.8 Å². The summed E-state index contributed by atoms with van der Waals surface area (Å²) in [6, 6.07) is 17.3. The van der Waals surface area contributed by atoms with Crippen molar-refractivity contribution < 1.29 is 33.6 Å².